The first-order valence-electron chi connectivity index (χ1n) is 11.3. The number of hydrogen-bond donors (Lipinski definition) is 4. The van der Waals surface area contributed by atoms with Gasteiger partial charge in [-0.15, -0.1) is 0 Å². The molecule has 0 saturated carbocycles. The number of rotatable bonds is 9. The summed E-state index contributed by atoms with van der Waals surface area (Å²) in [4.78, 5) is 25.8. The molecule has 2 aromatic rings. The summed E-state index contributed by atoms with van der Waals surface area (Å²) in [5.74, 6) is 3.93. The average molecular weight is 472 g/mol. The highest BCUT2D eigenvalue weighted by Crippen LogP contribution is 2.56. The van der Waals surface area contributed by atoms with Gasteiger partial charge in [-0.2, -0.15) is 0 Å². The Morgan fingerprint density at radius 2 is 1.50 bits per heavy atom. The first-order chi connectivity index (χ1) is 15.9. The third-order valence-corrected chi connectivity index (χ3v) is 6.54. The second-order valence-corrected chi connectivity index (χ2v) is 9.77. The van der Waals surface area contributed by atoms with Gasteiger partial charge in [0.2, 0.25) is 0 Å². The first kappa shape index (κ1) is 27.3. The van der Waals surface area contributed by atoms with Crippen LogP contribution in [-0.4, -0.2) is 29.9 Å². The zero-order chi connectivity index (χ0) is 25.6. The quantitative estimate of drug-likeness (QED) is 0.191. The number of aliphatic hydroxyl groups is 1. The van der Waals surface area contributed by atoms with Crippen molar-refractivity contribution in [2.45, 2.75) is 52.9 Å². The van der Waals surface area contributed by atoms with E-state index in [4.69, 9.17) is 21.1 Å². The maximum atomic E-state index is 14.1. The standard InChI is InChI=1S/C26H37N3O5/c1-18(2)25(21(30)17-34-23(32)29-28,22(31)33-16-19-12-8-6-9-13-19)26(27,24(3,4)5)20-14-10-7-11-15-20/h6-15,18,21,30H,16-17,27-28H2,1-5H3,(H,29,32)/t21-,25+,26?/m1/s1. The van der Waals surface area contributed by atoms with Crippen LogP contribution in [0.3, 0.4) is 0 Å². The molecule has 0 bridgehead atoms. The van der Waals surface area contributed by atoms with Crippen molar-refractivity contribution in [3.63, 3.8) is 0 Å². The fourth-order valence-corrected chi connectivity index (χ4v) is 4.80. The molecule has 2 rings (SSSR count). The Kier molecular flexibility index (Phi) is 8.83. The van der Waals surface area contributed by atoms with Crippen LogP contribution in [0, 0.1) is 16.7 Å². The summed E-state index contributed by atoms with van der Waals surface area (Å²) >= 11 is 0. The van der Waals surface area contributed by atoms with E-state index in [1.165, 1.54) is 0 Å². The predicted molar refractivity (Wildman–Crippen MR) is 130 cm³/mol. The van der Waals surface area contributed by atoms with Gasteiger partial charge >= 0.3 is 12.1 Å². The largest absolute Gasteiger partial charge is 0.460 e. The fourth-order valence-electron chi connectivity index (χ4n) is 4.80. The van der Waals surface area contributed by atoms with E-state index >= 15 is 0 Å². The summed E-state index contributed by atoms with van der Waals surface area (Å²) in [6.07, 6.45) is -2.44. The summed E-state index contributed by atoms with van der Waals surface area (Å²) in [7, 11) is 0. The zero-order valence-electron chi connectivity index (χ0n) is 20.6. The van der Waals surface area contributed by atoms with Gasteiger partial charge in [-0.1, -0.05) is 95.3 Å². The van der Waals surface area contributed by atoms with Gasteiger partial charge in [0.05, 0.1) is 5.54 Å². The van der Waals surface area contributed by atoms with E-state index < -0.39 is 47.1 Å². The molecule has 2 aromatic carbocycles. The van der Waals surface area contributed by atoms with Crippen LogP contribution in [0.5, 0.6) is 0 Å². The fraction of sp³-hybridized carbons (Fsp3) is 0.462. The van der Waals surface area contributed by atoms with Crippen molar-refractivity contribution in [3.8, 4) is 0 Å². The monoisotopic (exact) mass is 471 g/mol. The van der Waals surface area contributed by atoms with E-state index in [9.17, 15) is 14.7 Å². The summed E-state index contributed by atoms with van der Waals surface area (Å²) < 4.78 is 10.9. The Labute approximate surface area is 201 Å². The number of nitrogens with two attached hydrogens (primary N) is 2. The van der Waals surface area contributed by atoms with Crippen molar-refractivity contribution in [1.82, 2.24) is 5.43 Å². The molecule has 34 heavy (non-hydrogen) atoms. The molecule has 8 nitrogen and oxygen atoms in total. The number of aliphatic hydroxyl groups excluding tert-OH is 1. The second-order valence-electron chi connectivity index (χ2n) is 9.77. The van der Waals surface area contributed by atoms with Gasteiger partial charge in [-0.3, -0.25) is 10.2 Å². The number of hydrogen-bond acceptors (Lipinski definition) is 7. The number of hydrazine groups is 1. The minimum atomic E-state index is -1.70. The highest BCUT2D eigenvalue weighted by Gasteiger charge is 2.66. The number of ether oxygens (including phenoxy) is 2. The van der Waals surface area contributed by atoms with Crippen LogP contribution < -0.4 is 17.0 Å². The van der Waals surface area contributed by atoms with Crippen LogP contribution in [-0.2, 0) is 26.4 Å². The van der Waals surface area contributed by atoms with E-state index in [-0.39, 0.29) is 6.61 Å². The van der Waals surface area contributed by atoms with E-state index in [1.807, 2.05) is 86.9 Å². The number of esters is 1. The predicted octanol–water partition coefficient (Wildman–Crippen LogP) is 3.23. The van der Waals surface area contributed by atoms with Crippen molar-refractivity contribution in [3.05, 3.63) is 71.8 Å². The third-order valence-electron chi connectivity index (χ3n) is 6.54. The van der Waals surface area contributed by atoms with Gasteiger partial charge in [-0.05, 0) is 22.5 Å². The molecule has 0 radical (unpaired) electrons. The topological polar surface area (TPSA) is 137 Å². The van der Waals surface area contributed by atoms with Gasteiger partial charge in [0, 0.05) is 0 Å². The van der Waals surface area contributed by atoms with Gasteiger partial charge in [0.15, 0.2) is 0 Å². The minimum Gasteiger partial charge on any atom is -0.460 e. The summed E-state index contributed by atoms with van der Waals surface area (Å²) in [5, 5.41) is 11.6. The van der Waals surface area contributed by atoms with Gasteiger partial charge in [0.1, 0.15) is 24.7 Å². The molecule has 8 heteroatoms. The van der Waals surface area contributed by atoms with E-state index in [1.54, 1.807) is 13.8 Å². The molecule has 186 valence electrons. The lowest BCUT2D eigenvalue weighted by atomic mass is 9.49. The van der Waals surface area contributed by atoms with Crippen molar-refractivity contribution < 1.29 is 24.2 Å². The van der Waals surface area contributed by atoms with Gasteiger partial charge in [-0.25, -0.2) is 10.6 Å². The molecule has 0 fully saturated rings. The number of carbonyl (C=O) groups is 2. The highest BCUT2D eigenvalue weighted by atomic mass is 16.6. The molecule has 1 amide bonds. The molecule has 0 aliphatic heterocycles. The molecule has 0 heterocycles. The molecule has 0 spiro atoms. The molecule has 6 N–H and O–H groups in total. The molecule has 3 atom stereocenters. The molecule has 0 aliphatic carbocycles. The Balaban J connectivity index is 2.70. The summed E-state index contributed by atoms with van der Waals surface area (Å²) in [5.41, 5.74) is 6.68. The Morgan fingerprint density at radius 3 is 1.97 bits per heavy atom. The molecule has 1 unspecified atom stereocenters. The van der Waals surface area contributed by atoms with Crippen molar-refractivity contribution in [1.29, 1.82) is 0 Å². The van der Waals surface area contributed by atoms with E-state index in [0.29, 0.717) is 5.56 Å². The van der Waals surface area contributed by atoms with Crippen LogP contribution >= 0.6 is 0 Å². The maximum Gasteiger partial charge on any atom is 0.421 e. The Bertz CT molecular complexity index is 946. The maximum absolute atomic E-state index is 14.1. The van der Waals surface area contributed by atoms with Crippen LogP contribution in [0.2, 0.25) is 0 Å². The Hall–Kier alpha value is -2.94. The van der Waals surface area contributed by atoms with Crippen LogP contribution in [0.25, 0.3) is 0 Å². The van der Waals surface area contributed by atoms with Crippen molar-refractivity contribution in [2.24, 2.45) is 28.3 Å². The molecule has 0 aromatic heterocycles. The van der Waals surface area contributed by atoms with Crippen molar-refractivity contribution in [2.75, 3.05) is 6.61 Å². The van der Waals surface area contributed by atoms with E-state index in [2.05, 4.69) is 0 Å². The van der Waals surface area contributed by atoms with Gasteiger partial charge < -0.3 is 20.3 Å². The van der Waals surface area contributed by atoms with Crippen LogP contribution in [0.1, 0.15) is 45.7 Å². The normalized spacial score (nSPS) is 16.1. The zero-order valence-corrected chi connectivity index (χ0v) is 20.6. The lowest BCUT2D eigenvalue weighted by Gasteiger charge is -2.57. The average Bonchev–Trinajstić information content (AvgIpc) is 2.81. The molecule has 0 aliphatic rings. The van der Waals surface area contributed by atoms with Gasteiger partial charge in [0.25, 0.3) is 0 Å². The van der Waals surface area contributed by atoms with E-state index in [0.717, 1.165) is 5.56 Å². The van der Waals surface area contributed by atoms with Crippen molar-refractivity contribution >= 4 is 12.1 Å². The number of amides is 1. The molecular formula is C26H37N3O5. The smallest absolute Gasteiger partial charge is 0.421 e. The van der Waals surface area contributed by atoms with Crippen LogP contribution in [0.4, 0.5) is 4.79 Å². The third kappa shape index (κ3) is 5.09. The number of carbonyl (C=O) groups excluding carboxylic acids is 2. The molecular weight excluding hydrogens is 434 g/mol. The highest BCUT2D eigenvalue weighted by molar-refractivity contribution is 5.81. The lowest BCUT2D eigenvalue weighted by Crippen LogP contribution is -2.71. The minimum absolute atomic E-state index is 0.0000190. The van der Waals surface area contributed by atoms with Crippen LogP contribution in [0.15, 0.2) is 60.7 Å². The first-order valence-corrected chi connectivity index (χ1v) is 11.3. The number of nitrogens with one attached hydrogen (secondary N) is 1. The SMILES string of the molecule is CC(C)[C@@](C(=O)OCc1ccccc1)([C@H](O)COC(=O)NN)C(N)(c1ccccc1)C(C)(C)C. The lowest BCUT2D eigenvalue weighted by molar-refractivity contribution is -0.193. The Morgan fingerprint density at radius 1 is 0.971 bits per heavy atom. The number of benzene rings is 2. The summed E-state index contributed by atoms with van der Waals surface area (Å²) in [6.45, 7) is 8.80. The molecule has 0 saturated heterocycles. The summed E-state index contributed by atoms with van der Waals surface area (Å²) in [6, 6.07) is 18.4. The second kappa shape index (κ2) is 11.0.